The molecule has 0 unspecified atom stereocenters. The number of imidazole rings is 1. The summed E-state index contributed by atoms with van der Waals surface area (Å²) in [5.41, 5.74) is 1.98. The van der Waals surface area contributed by atoms with Gasteiger partial charge in [-0.15, -0.1) is 0 Å². The van der Waals surface area contributed by atoms with Gasteiger partial charge in [0.2, 0.25) is 5.82 Å². The summed E-state index contributed by atoms with van der Waals surface area (Å²) in [6.07, 6.45) is 3.75. The summed E-state index contributed by atoms with van der Waals surface area (Å²) in [5, 5.41) is 3.79. The van der Waals surface area contributed by atoms with E-state index in [-0.39, 0.29) is 0 Å². The van der Waals surface area contributed by atoms with Gasteiger partial charge in [0, 0.05) is 32.4 Å². The maximum Gasteiger partial charge on any atom is 0.441 e. The van der Waals surface area contributed by atoms with Crippen molar-refractivity contribution in [3.63, 3.8) is 0 Å². The average Bonchev–Trinajstić information content (AvgIpc) is 3.14. The molecule has 0 N–H and O–H groups in total. The fourth-order valence-corrected chi connectivity index (χ4v) is 2.67. The van der Waals surface area contributed by atoms with Gasteiger partial charge in [0.05, 0.1) is 11.0 Å². The van der Waals surface area contributed by atoms with Gasteiger partial charge in [-0.3, -0.25) is 9.09 Å². The number of aryl methyl sites for hydroxylation is 2. The van der Waals surface area contributed by atoms with E-state index in [4.69, 9.17) is 4.52 Å². The molecule has 0 fully saturated rings. The van der Waals surface area contributed by atoms with Crippen molar-refractivity contribution in [2.24, 2.45) is 7.05 Å². The van der Waals surface area contributed by atoms with Gasteiger partial charge >= 0.3 is 5.76 Å². The molecule has 8 heteroatoms. The van der Waals surface area contributed by atoms with Crippen molar-refractivity contribution >= 4 is 11.0 Å². The zero-order valence-corrected chi connectivity index (χ0v) is 13.0. The minimum Gasteiger partial charge on any atom is -0.331 e. The Morgan fingerprint density at radius 1 is 1.12 bits per heavy atom. The van der Waals surface area contributed by atoms with Crippen LogP contribution in [0.5, 0.6) is 0 Å². The van der Waals surface area contributed by atoms with E-state index in [2.05, 4.69) is 20.1 Å². The van der Waals surface area contributed by atoms with Crippen LogP contribution in [0, 0.1) is 0 Å². The molecule has 3 aromatic heterocycles. The Hall–Kier alpha value is -3.29. The quantitative estimate of drug-likeness (QED) is 0.564. The predicted molar refractivity (Wildman–Crippen MR) is 86.2 cm³/mol. The molecule has 0 saturated carbocycles. The second kappa shape index (κ2) is 5.73. The van der Waals surface area contributed by atoms with E-state index < -0.39 is 5.76 Å². The van der Waals surface area contributed by atoms with Crippen molar-refractivity contribution < 1.29 is 4.52 Å². The fraction of sp³-hybridized carbons (Fsp3) is 0.188. The number of rotatable bonds is 4. The largest absolute Gasteiger partial charge is 0.441 e. The highest BCUT2D eigenvalue weighted by Gasteiger charge is 2.16. The van der Waals surface area contributed by atoms with Gasteiger partial charge in [-0.05, 0) is 18.2 Å². The molecule has 24 heavy (non-hydrogen) atoms. The van der Waals surface area contributed by atoms with E-state index in [0.29, 0.717) is 24.6 Å². The number of fused-ring (bicyclic) bond motifs is 1. The molecular weight excluding hydrogens is 308 g/mol. The number of hydrogen-bond donors (Lipinski definition) is 0. The van der Waals surface area contributed by atoms with Crippen LogP contribution in [0.2, 0.25) is 0 Å². The van der Waals surface area contributed by atoms with Crippen LogP contribution in [0.3, 0.4) is 0 Å². The third-order valence-electron chi connectivity index (χ3n) is 3.89. The highest BCUT2D eigenvalue weighted by atomic mass is 16.5. The molecule has 0 aliphatic rings. The average molecular weight is 322 g/mol. The lowest BCUT2D eigenvalue weighted by molar-refractivity contribution is 0.375. The summed E-state index contributed by atoms with van der Waals surface area (Å²) in [5.74, 6) is 1.02. The summed E-state index contributed by atoms with van der Waals surface area (Å²) in [6.45, 7) is 0.382. The lowest BCUT2D eigenvalue weighted by Crippen LogP contribution is -2.18. The first-order chi connectivity index (χ1) is 11.7. The molecule has 0 bridgehead atoms. The summed E-state index contributed by atoms with van der Waals surface area (Å²) < 4.78 is 8.22. The smallest absolute Gasteiger partial charge is 0.331 e. The SMILES string of the molecule is Cn1c(CCn2c(-c3ncccn3)noc2=O)nc2ccccc21. The van der Waals surface area contributed by atoms with Crippen LogP contribution in [0.1, 0.15) is 5.82 Å². The Morgan fingerprint density at radius 2 is 1.92 bits per heavy atom. The molecule has 120 valence electrons. The summed E-state index contributed by atoms with van der Waals surface area (Å²) in [6, 6.07) is 9.61. The second-order valence-electron chi connectivity index (χ2n) is 5.32. The van der Waals surface area contributed by atoms with E-state index >= 15 is 0 Å². The molecule has 3 heterocycles. The number of benzene rings is 1. The Labute approximate surface area is 136 Å². The molecule has 0 radical (unpaired) electrons. The highest BCUT2D eigenvalue weighted by Crippen LogP contribution is 2.15. The van der Waals surface area contributed by atoms with Crippen LogP contribution in [-0.2, 0) is 20.0 Å². The van der Waals surface area contributed by atoms with Crippen molar-refractivity contribution in [3.8, 4) is 11.6 Å². The molecule has 1 aromatic carbocycles. The second-order valence-corrected chi connectivity index (χ2v) is 5.32. The van der Waals surface area contributed by atoms with Gasteiger partial charge in [0.15, 0.2) is 5.82 Å². The normalized spacial score (nSPS) is 11.2. The van der Waals surface area contributed by atoms with Gasteiger partial charge in [0.1, 0.15) is 5.82 Å². The van der Waals surface area contributed by atoms with Crippen molar-refractivity contribution in [2.45, 2.75) is 13.0 Å². The first kappa shape index (κ1) is 14.3. The molecule has 0 amide bonds. The third-order valence-corrected chi connectivity index (χ3v) is 3.89. The summed E-state index contributed by atoms with van der Waals surface area (Å²) in [7, 11) is 1.96. The van der Waals surface area contributed by atoms with Crippen LogP contribution in [-0.4, -0.2) is 29.2 Å². The Balaban J connectivity index is 1.66. The van der Waals surface area contributed by atoms with Gasteiger partial charge in [-0.2, -0.15) is 0 Å². The highest BCUT2D eigenvalue weighted by molar-refractivity contribution is 5.75. The van der Waals surface area contributed by atoms with Crippen LogP contribution in [0.4, 0.5) is 0 Å². The van der Waals surface area contributed by atoms with Crippen LogP contribution in [0.25, 0.3) is 22.7 Å². The lowest BCUT2D eigenvalue weighted by atomic mass is 10.3. The van der Waals surface area contributed by atoms with Gasteiger partial charge in [0.25, 0.3) is 0 Å². The number of nitrogens with zero attached hydrogens (tertiary/aromatic N) is 6. The van der Waals surface area contributed by atoms with E-state index in [1.807, 2.05) is 35.9 Å². The summed E-state index contributed by atoms with van der Waals surface area (Å²) >= 11 is 0. The fourth-order valence-electron chi connectivity index (χ4n) is 2.67. The number of aromatic nitrogens is 6. The minimum atomic E-state index is -0.531. The molecule has 0 spiro atoms. The molecule has 0 atom stereocenters. The molecule has 8 nitrogen and oxygen atoms in total. The first-order valence-corrected chi connectivity index (χ1v) is 7.48. The van der Waals surface area contributed by atoms with Crippen LogP contribution in [0.15, 0.2) is 52.0 Å². The predicted octanol–water partition coefficient (Wildman–Crippen LogP) is 1.42. The van der Waals surface area contributed by atoms with Gasteiger partial charge < -0.3 is 4.57 Å². The standard InChI is InChI=1S/C16H14N6O2/c1-21-12-6-3-2-5-11(12)19-13(21)7-10-22-15(20-24-16(22)23)14-17-8-4-9-18-14/h2-6,8-9H,7,10H2,1H3. The zero-order chi connectivity index (χ0) is 16.5. The topological polar surface area (TPSA) is 91.6 Å². The molecule has 4 rings (SSSR count). The molecule has 4 aromatic rings. The van der Waals surface area contributed by atoms with E-state index in [9.17, 15) is 4.79 Å². The van der Waals surface area contributed by atoms with Crippen molar-refractivity contribution in [3.05, 3.63) is 59.1 Å². The van der Waals surface area contributed by atoms with Crippen LogP contribution >= 0.6 is 0 Å². The van der Waals surface area contributed by atoms with Crippen molar-refractivity contribution in [1.82, 2.24) is 29.2 Å². The number of hydrogen-bond acceptors (Lipinski definition) is 6. The van der Waals surface area contributed by atoms with E-state index in [1.54, 1.807) is 18.5 Å². The maximum absolute atomic E-state index is 11.9. The summed E-state index contributed by atoms with van der Waals surface area (Å²) in [4.78, 5) is 24.8. The van der Waals surface area contributed by atoms with E-state index in [1.165, 1.54) is 4.57 Å². The van der Waals surface area contributed by atoms with Crippen molar-refractivity contribution in [2.75, 3.05) is 0 Å². The van der Waals surface area contributed by atoms with E-state index in [0.717, 1.165) is 16.9 Å². The molecule has 0 aliphatic heterocycles. The Kier molecular flexibility index (Phi) is 3.42. The Bertz CT molecular complexity index is 1050. The van der Waals surface area contributed by atoms with Gasteiger partial charge in [-0.1, -0.05) is 17.3 Å². The monoisotopic (exact) mass is 322 g/mol. The minimum absolute atomic E-state index is 0.319. The van der Waals surface area contributed by atoms with Crippen molar-refractivity contribution in [1.29, 1.82) is 0 Å². The van der Waals surface area contributed by atoms with Crippen LogP contribution < -0.4 is 5.76 Å². The third kappa shape index (κ3) is 2.37. The molecule has 0 saturated heterocycles. The van der Waals surface area contributed by atoms with Gasteiger partial charge in [-0.25, -0.2) is 19.7 Å². The maximum atomic E-state index is 11.9. The molecule has 0 aliphatic carbocycles. The Morgan fingerprint density at radius 3 is 2.71 bits per heavy atom. The first-order valence-electron chi connectivity index (χ1n) is 7.48. The molecular formula is C16H14N6O2. The lowest BCUT2D eigenvalue weighted by Gasteiger charge is -2.04. The zero-order valence-electron chi connectivity index (χ0n) is 13.0. The number of para-hydroxylation sites is 2.